The monoisotopic (exact) mass is 298 g/mol. The molecule has 0 aromatic carbocycles. The molecule has 110 valence electrons. The first-order chi connectivity index (χ1) is 9.46. The van der Waals surface area contributed by atoms with E-state index in [9.17, 15) is 8.42 Å². The molecule has 0 spiro atoms. The highest BCUT2D eigenvalue weighted by Gasteiger charge is 2.22. The van der Waals surface area contributed by atoms with Gasteiger partial charge in [0, 0.05) is 24.5 Å². The van der Waals surface area contributed by atoms with Crippen LogP contribution in [0.4, 0.5) is 11.6 Å². The molecular formula is C11H18N6O2S. The zero-order valence-corrected chi connectivity index (χ0v) is 12.2. The summed E-state index contributed by atoms with van der Waals surface area (Å²) in [5.41, 5.74) is 6.51. The van der Waals surface area contributed by atoms with E-state index in [1.54, 1.807) is 6.07 Å². The number of nitrogens with zero attached hydrogens (tertiary/aromatic N) is 3. The summed E-state index contributed by atoms with van der Waals surface area (Å²) in [6.07, 6.45) is 3.16. The number of aryl methyl sites for hydroxylation is 2. The highest BCUT2D eigenvalue weighted by molar-refractivity contribution is 7.92. The van der Waals surface area contributed by atoms with Crippen molar-refractivity contribution in [3.05, 3.63) is 18.0 Å². The number of nitrogens with one attached hydrogen (secondary N) is 2. The average molecular weight is 298 g/mol. The number of sulfonamides is 1. The Morgan fingerprint density at radius 3 is 2.80 bits per heavy atom. The maximum atomic E-state index is 12.2. The highest BCUT2D eigenvalue weighted by Crippen LogP contribution is 2.20. The van der Waals surface area contributed by atoms with Gasteiger partial charge in [-0.2, -0.15) is 10.2 Å². The van der Waals surface area contributed by atoms with Gasteiger partial charge in [0.2, 0.25) is 0 Å². The molecule has 0 unspecified atom stereocenters. The van der Waals surface area contributed by atoms with Gasteiger partial charge in [0.15, 0.2) is 11.6 Å². The van der Waals surface area contributed by atoms with Crippen molar-refractivity contribution in [2.75, 3.05) is 10.5 Å². The van der Waals surface area contributed by atoms with Gasteiger partial charge in [0.25, 0.3) is 10.0 Å². The third-order valence-electron chi connectivity index (χ3n) is 2.76. The molecule has 0 saturated heterocycles. The first-order valence-electron chi connectivity index (χ1n) is 6.36. The van der Waals surface area contributed by atoms with Gasteiger partial charge in [0.05, 0.1) is 0 Å². The van der Waals surface area contributed by atoms with Crippen LogP contribution in [0.1, 0.15) is 26.0 Å². The van der Waals surface area contributed by atoms with Gasteiger partial charge >= 0.3 is 0 Å². The third-order valence-corrected chi connectivity index (χ3v) is 4.13. The first kappa shape index (κ1) is 14.4. The Morgan fingerprint density at radius 2 is 2.20 bits per heavy atom. The van der Waals surface area contributed by atoms with Crippen LogP contribution in [0.15, 0.2) is 17.2 Å². The van der Waals surface area contributed by atoms with Crippen molar-refractivity contribution in [3.8, 4) is 0 Å². The Hall–Kier alpha value is -2.03. The lowest BCUT2D eigenvalue weighted by atomic mass is 10.2. The molecule has 2 aromatic heterocycles. The molecule has 0 atom stereocenters. The average Bonchev–Trinajstić information content (AvgIpc) is 2.96. The van der Waals surface area contributed by atoms with Crippen molar-refractivity contribution >= 4 is 21.7 Å². The second-order valence-corrected chi connectivity index (χ2v) is 6.02. The summed E-state index contributed by atoms with van der Waals surface area (Å²) in [6.45, 7) is 4.42. The maximum Gasteiger partial charge on any atom is 0.268 e. The molecule has 0 aliphatic carbocycles. The molecule has 9 heteroatoms. The van der Waals surface area contributed by atoms with Crippen molar-refractivity contribution in [1.82, 2.24) is 20.0 Å². The van der Waals surface area contributed by atoms with E-state index in [0.717, 1.165) is 18.5 Å². The van der Waals surface area contributed by atoms with Gasteiger partial charge in [-0.1, -0.05) is 13.3 Å². The van der Waals surface area contributed by atoms with Crippen LogP contribution < -0.4 is 10.5 Å². The van der Waals surface area contributed by atoms with Crippen LogP contribution in [0.25, 0.3) is 0 Å². The summed E-state index contributed by atoms with van der Waals surface area (Å²) in [5.74, 6) is 0.223. The highest BCUT2D eigenvalue weighted by atomic mass is 32.2. The lowest BCUT2D eigenvalue weighted by Crippen LogP contribution is -2.14. The first-order valence-corrected chi connectivity index (χ1v) is 7.84. The van der Waals surface area contributed by atoms with E-state index in [0.29, 0.717) is 6.54 Å². The van der Waals surface area contributed by atoms with Gasteiger partial charge in [-0.05, 0) is 13.3 Å². The van der Waals surface area contributed by atoms with Gasteiger partial charge in [-0.3, -0.25) is 14.5 Å². The number of anilines is 2. The molecule has 0 fully saturated rings. The fraction of sp³-hybridized carbons (Fsp3) is 0.455. The Bertz CT molecular complexity index is 688. The predicted molar refractivity (Wildman–Crippen MR) is 75.7 cm³/mol. The summed E-state index contributed by atoms with van der Waals surface area (Å²) in [4.78, 5) is -0.0422. The molecule has 0 amide bonds. The van der Waals surface area contributed by atoms with E-state index < -0.39 is 10.0 Å². The normalized spacial score (nSPS) is 11.7. The zero-order valence-electron chi connectivity index (χ0n) is 11.4. The number of rotatable bonds is 6. The third kappa shape index (κ3) is 2.93. The lowest BCUT2D eigenvalue weighted by Gasteiger charge is -2.02. The smallest absolute Gasteiger partial charge is 0.268 e. The summed E-state index contributed by atoms with van der Waals surface area (Å²) in [6, 6.07) is 1.67. The number of nitrogen functional groups attached to an aromatic ring is 1. The van der Waals surface area contributed by atoms with Crippen molar-refractivity contribution in [3.63, 3.8) is 0 Å². The maximum absolute atomic E-state index is 12.2. The fourth-order valence-electron chi connectivity index (χ4n) is 1.79. The second-order valence-electron chi connectivity index (χ2n) is 4.37. The van der Waals surface area contributed by atoms with Gasteiger partial charge in [-0.15, -0.1) is 0 Å². The molecular weight excluding hydrogens is 280 g/mol. The van der Waals surface area contributed by atoms with Crippen LogP contribution in [0.3, 0.4) is 0 Å². The summed E-state index contributed by atoms with van der Waals surface area (Å²) >= 11 is 0. The Morgan fingerprint density at radius 1 is 1.45 bits per heavy atom. The molecule has 4 N–H and O–H groups in total. The van der Waals surface area contributed by atoms with Crippen LogP contribution in [0.5, 0.6) is 0 Å². The minimum absolute atomic E-state index is 0.0244. The van der Waals surface area contributed by atoms with Crippen molar-refractivity contribution in [1.29, 1.82) is 0 Å². The summed E-state index contributed by atoms with van der Waals surface area (Å²) in [5, 5.41) is 10.6. The molecule has 8 nitrogen and oxygen atoms in total. The van der Waals surface area contributed by atoms with Crippen LogP contribution >= 0.6 is 0 Å². The van der Waals surface area contributed by atoms with Crippen molar-refractivity contribution in [2.45, 2.75) is 38.1 Å². The minimum atomic E-state index is -3.78. The van der Waals surface area contributed by atoms with Crippen LogP contribution in [-0.4, -0.2) is 28.4 Å². The van der Waals surface area contributed by atoms with Crippen molar-refractivity contribution < 1.29 is 8.42 Å². The van der Waals surface area contributed by atoms with Crippen LogP contribution in [-0.2, 0) is 23.0 Å². The molecule has 2 heterocycles. The second kappa shape index (κ2) is 5.53. The molecule has 0 saturated carbocycles. The Balaban J connectivity index is 2.23. The lowest BCUT2D eigenvalue weighted by molar-refractivity contribution is 0.600. The molecule has 0 radical (unpaired) electrons. The fourth-order valence-corrected chi connectivity index (χ4v) is 2.86. The van der Waals surface area contributed by atoms with E-state index in [4.69, 9.17) is 5.73 Å². The standard InChI is InChI=1S/C11H18N6O2S/c1-3-5-8-6-10(14-13-8)16-20(18,19)9-7-17(4-2)15-11(9)12/h6-7H,3-5H2,1-2H3,(H2,12,15)(H2,13,14,16). The molecule has 2 rings (SSSR count). The number of aromatic nitrogens is 4. The summed E-state index contributed by atoms with van der Waals surface area (Å²) < 4.78 is 28.3. The number of nitrogens with two attached hydrogens (primary N) is 1. The van der Waals surface area contributed by atoms with Crippen LogP contribution in [0.2, 0.25) is 0 Å². The topological polar surface area (TPSA) is 119 Å². The quantitative estimate of drug-likeness (QED) is 0.734. The minimum Gasteiger partial charge on any atom is -0.381 e. The Kier molecular flexibility index (Phi) is 3.98. The number of hydrogen-bond acceptors (Lipinski definition) is 5. The van der Waals surface area contributed by atoms with Gasteiger partial charge in [0.1, 0.15) is 4.90 Å². The van der Waals surface area contributed by atoms with Crippen LogP contribution in [0, 0.1) is 0 Å². The van der Waals surface area contributed by atoms with Crippen molar-refractivity contribution in [2.24, 2.45) is 0 Å². The molecule has 0 aliphatic heterocycles. The number of H-pyrrole nitrogens is 1. The zero-order chi connectivity index (χ0) is 14.8. The molecule has 2 aromatic rings. The van der Waals surface area contributed by atoms with E-state index in [-0.39, 0.29) is 16.5 Å². The van der Waals surface area contributed by atoms with E-state index >= 15 is 0 Å². The summed E-state index contributed by atoms with van der Waals surface area (Å²) in [7, 11) is -3.78. The molecule has 0 bridgehead atoms. The van der Waals surface area contributed by atoms with Gasteiger partial charge < -0.3 is 5.73 Å². The molecule has 20 heavy (non-hydrogen) atoms. The largest absolute Gasteiger partial charge is 0.381 e. The number of hydrogen-bond donors (Lipinski definition) is 3. The Labute approximate surface area is 117 Å². The molecule has 0 aliphatic rings. The van der Waals surface area contributed by atoms with E-state index in [1.807, 2.05) is 13.8 Å². The van der Waals surface area contributed by atoms with Gasteiger partial charge in [-0.25, -0.2) is 8.42 Å². The van der Waals surface area contributed by atoms with E-state index in [1.165, 1.54) is 10.9 Å². The number of aromatic amines is 1. The SMILES string of the molecule is CCCc1cc(NS(=O)(=O)c2cn(CC)nc2N)n[nH]1. The van der Waals surface area contributed by atoms with E-state index in [2.05, 4.69) is 20.0 Å². The predicted octanol–water partition coefficient (Wildman–Crippen LogP) is 0.962.